The monoisotopic (exact) mass is 344 g/mol. The van der Waals surface area contributed by atoms with Crippen LogP contribution in [0.3, 0.4) is 0 Å². The van der Waals surface area contributed by atoms with Gasteiger partial charge in [0, 0.05) is 23.1 Å². The minimum Gasteiger partial charge on any atom is -0.491 e. The largest absolute Gasteiger partial charge is 0.491 e. The zero-order valence-corrected chi connectivity index (χ0v) is 13.8. The van der Waals surface area contributed by atoms with Gasteiger partial charge in [-0.05, 0) is 36.8 Å². The van der Waals surface area contributed by atoms with E-state index in [2.05, 4.69) is 20.3 Å². The van der Waals surface area contributed by atoms with Crippen LogP contribution in [-0.2, 0) is 0 Å². The number of benzene rings is 1. The molecule has 1 N–H and O–H groups in total. The number of hydrogen-bond donors (Lipinski definition) is 1. The Kier molecular flexibility index (Phi) is 4.57. The summed E-state index contributed by atoms with van der Waals surface area (Å²) in [4.78, 5) is 12.6. The zero-order chi connectivity index (χ0) is 17.1. The van der Waals surface area contributed by atoms with E-state index in [1.807, 2.05) is 13.0 Å². The van der Waals surface area contributed by atoms with Gasteiger partial charge in [-0.2, -0.15) is 0 Å². The quantitative estimate of drug-likeness (QED) is 0.760. The van der Waals surface area contributed by atoms with Crippen molar-refractivity contribution in [1.82, 2.24) is 15.0 Å². The molecule has 0 saturated heterocycles. The molecule has 0 aliphatic carbocycles. The van der Waals surface area contributed by atoms with Gasteiger partial charge in [0.2, 0.25) is 0 Å². The summed E-state index contributed by atoms with van der Waals surface area (Å²) in [5, 5.41) is 3.57. The van der Waals surface area contributed by atoms with Crippen LogP contribution in [0.4, 0.5) is 15.9 Å². The van der Waals surface area contributed by atoms with Gasteiger partial charge < -0.3 is 10.1 Å². The fourth-order valence-corrected chi connectivity index (χ4v) is 2.32. The number of aromatic nitrogens is 3. The van der Waals surface area contributed by atoms with E-state index in [1.165, 1.54) is 31.5 Å². The topological polar surface area (TPSA) is 59.9 Å². The zero-order valence-electron chi connectivity index (χ0n) is 13.0. The van der Waals surface area contributed by atoms with Crippen molar-refractivity contribution in [3.63, 3.8) is 0 Å². The molecule has 0 spiro atoms. The van der Waals surface area contributed by atoms with Crippen molar-refractivity contribution in [2.24, 2.45) is 0 Å². The van der Waals surface area contributed by atoms with Gasteiger partial charge in [0.05, 0.1) is 18.9 Å². The van der Waals surface area contributed by atoms with E-state index < -0.39 is 5.82 Å². The number of methoxy groups -OCH3 is 1. The van der Waals surface area contributed by atoms with E-state index in [1.54, 1.807) is 12.4 Å². The standard InChI is InChI=1S/C17H14ClFN4O/c1-10-8-20-6-5-14(10)22-17-15(24-2)9-21-16(23-17)12-7-11(18)3-4-13(12)19/h3-9H,1-2H3,(H,20,21,22,23). The molecule has 5 nitrogen and oxygen atoms in total. The first kappa shape index (κ1) is 16.1. The molecule has 0 fully saturated rings. The summed E-state index contributed by atoms with van der Waals surface area (Å²) in [5.41, 5.74) is 1.98. The second-order valence-corrected chi connectivity index (χ2v) is 5.49. The summed E-state index contributed by atoms with van der Waals surface area (Å²) >= 11 is 5.95. The molecule has 0 unspecified atom stereocenters. The molecule has 2 aromatic heterocycles. The maximum Gasteiger partial charge on any atom is 0.179 e. The average Bonchev–Trinajstić information content (AvgIpc) is 2.59. The van der Waals surface area contributed by atoms with Crippen LogP contribution in [0.2, 0.25) is 5.02 Å². The molecule has 1 aromatic carbocycles. The van der Waals surface area contributed by atoms with Gasteiger partial charge in [0.1, 0.15) is 5.82 Å². The third kappa shape index (κ3) is 3.28. The fraction of sp³-hybridized carbons (Fsp3) is 0.118. The number of aryl methyl sites for hydroxylation is 1. The van der Waals surface area contributed by atoms with Gasteiger partial charge >= 0.3 is 0 Å². The Labute approximate surface area is 143 Å². The molecule has 0 aliphatic rings. The van der Waals surface area contributed by atoms with Crippen molar-refractivity contribution in [2.75, 3.05) is 12.4 Å². The number of nitrogens with one attached hydrogen (secondary N) is 1. The van der Waals surface area contributed by atoms with Crippen molar-refractivity contribution in [3.05, 3.63) is 59.3 Å². The SMILES string of the molecule is COc1cnc(-c2cc(Cl)ccc2F)nc1Nc1ccncc1C. The fourth-order valence-electron chi connectivity index (χ4n) is 2.15. The van der Waals surface area contributed by atoms with Gasteiger partial charge in [-0.1, -0.05) is 11.6 Å². The highest BCUT2D eigenvalue weighted by molar-refractivity contribution is 6.30. The summed E-state index contributed by atoms with van der Waals surface area (Å²) in [6.45, 7) is 1.92. The molecular formula is C17H14ClFN4O. The van der Waals surface area contributed by atoms with Gasteiger partial charge in [0.25, 0.3) is 0 Å². The Morgan fingerprint density at radius 3 is 2.79 bits per heavy atom. The molecule has 0 saturated carbocycles. The van der Waals surface area contributed by atoms with Gasteiger partial charge in [-0.25, -0.2) is 14.4 Å². The Bertz CT molecular complexity index is 888. The van der Waals surface area contributed by atoms with Crippen LogP contribution < -0.4 is 10.1 Å². The van der Waals surface area contributed by atoms with Crippen LogP contribution in [0.1, 0.15) is 5.56 Å². The lowest BCUT2D eigenvalue weighted by atomic mass is 10.2. The summed E-state index contributed by atoms with van der Waals surface area (Å²) in [6.07, 6.45) is 4.88. The summed E-state index contributed by atoms with van der Waals surface area (Å²) in [5.74, 6) is 0.634. The number of anilines is 2. The molecular weight excluding hydrogens is 331 g/mol. The second-order valence-electron chi connectivity index (χ2n) is 5.05. The first-order valence-corrected chi connectivity index (χ1v) is 7.50. The Morgan fingerprint density at radius 1 is 1.21 bits per heavy atom. The number of nitrogens with zero attached hydrogens (tertiary/aromatic N) is 3. The normalized spacial score (nSPS) is 10.5. The van der Waals surface area contributed by atoms with E-state index in [-0.39, 0.29) is 11.4 Å². The minimum atomic E-state index is -0.449. The molecule has 0 radical (unpaired) electrons. The number of hydrogen-bond acceptors (Lipinski definition) is 5. The maximum atomic E-state index is 14.1. The van der Waals surface area contributed by atoms with Crippen molar-refractivity contribution in [3.8, 4) is 17.1 Å². The highest BCUT2D eigenvalue weighted by Crippen LogP contribution is 2.30. The molecule has 3 rings (SSSR count). The highest BCUT2D eigenvalue weighted by Gasteiger charge is 2.14. The predicted molar refractivity (Wildman–Crippen MR) is 91.2 cm³/mol. The van der Waals surface area contributed by atoms with Crippen LogP contribution in [-0.4, -0.2) is 22.1 Å². The van der Waals surface area contributed by atoms with Gasteiger partial charge in [-0.3, -0.25) is 4.98 Å². The molecule has 0 aliphatic heterocycles. The minimum absolute atomic E-state index is 0.213. The molecule has 0 amide bonds. The van der Waals surface area contributed by atoms with E-state index in [4.69, 9.17) is 16.3 Å². The lowest BCUT2D eigenvalue weighted by Gasteiger charge is -2.13. The number of pyridine rings is 1. The first-order valence-electron chi connectivity index (χ1n) is 7.12. The molecule has 122 valence electrons. The van der Waals surface area contributed by atoms with Crippen molar-refractivity contribution >= 4 is 23.1 Å². The van der Waals surface area contributed by atoms with E-state index in [9.17, 15) is 4.39 Å². The summed E-state index contributed by atoms with van der Waals surface area (Å²) < 4.78 is 19.3. The van der Waals surface area contributed by atoms with Crippen molar-refractivity contribution < 1.29 is 9.13 Å². The first-order chi connectivity index (χ1) is 11.6. The lowest BCUT2D eigenvalue weighted by Crippen LogP contribution is -2.02. The highest BCUT2D eigenvalue weighted by atomic mass is 35.5. The predicted octanol–water partition coefficient (Wildman–Crippen LogP) is 4.39. The summed E-state index contributed by atoms with van der Waals surface area (Å²) in [7, 11) is 1.52. The Balaban J connectivity index is 2.06. The number of rotatable bonds is 4. The van der Waals surface area contributed by atoms with Crippen LogP contribution in [0.5, 0.6) is 5.75 Å². The number of halogens is 2. The van der Waals surface area contributed by atoms with Gasteiger partial charge in [0.15, 0.2) is 17.4 Å². The van der Waals surface area contributed by atoms with E-state index in [0.29, 0.717) is 16.6 Å². The molecule has 0 atom stereocenters. The third-order valence-corrected chi connectivity index (χ3v) is 3.65. The molecule has 7 heteroatoms. The van der Waals surface area contributed by atoms with Gasteiger partial charge in [-0.15, -0.1) is 0 Å². The molecule has 3 aromatic rings. The molecule has 0 bridgehead atoms. The second kappa shape index (κ2) is 6.80. The van der Waals surface area contributed by atoms with Crippen LogP contribution in [0.25, 0.3) is 11.4 Å². The van der Waals surface area contributed by atoms with E-state index >= 15 is 0 Å². The van der Waals surface area contributed by atoms with Crippen molar-refractivity contribution in [2.45, 2.75) is 6.92 Å². The molecule has 2 heterocycles. The van der Waals surface area contributed by atoms with Crippen LogP contribution in [0.15, 0.2) is 42.9 Å². The van der Waals surface area contributed by atoms with Crippen LogP contribution in [0, 0.1) is 12.7 Å². The third-order valence-electron chi connectivity index (χ3n) is 3.42. The smallest absolute Gasteiger partial charge is 0.179 e. The average molecular weight is 345 g/mol. The lowest BCUT2D eigenvalue weighted by molar-refractivity contribution is 0.413. The Hall–Kier alpha value is -2.73. The molecule has 24 heavy (non-hydrogen) atoms. The van der Waals surface area contributed by atoms with Crippen LogP contribution >= 0.6 is 11.6 Å². The summed E-state index contributed by atoms with van der Waals surface area (Å²) in [6, 6.07) is 6.06. The maximum absolute atomic E-state index is 14.1. The van der Waals surface area contributed by atoms with Crippen molar-refractivity contribution in [1.29, 1.82) is 0 Å². The van der Waals surface area contributed by atoms with E-state index in [0.717, 1.165) is 11.3 Å². The Morgan fingerprint density at radius 2 is 2.04 bits per heavy atom. The number of ether oxygens (including phenoxy) is 1.